The second kappa shape index (κ2) is 9.91. The van der Waals surface area contributed by atoms with E-state index in [2.05, 4.69) is 67.7 Å². The molecule has 1 aromatic carbocycles. The van der Waals surface area contributed by atoms with E-state index in [1.807, 2.05) is 35.0 Å². The predicted octanol–water partition coefficient (Wildman–Crippen LogP) is 4.18. The van der Waals surface area contributed by atoms with Gasteiger partial charge in [0.1, 0.15) is 5.65 Å². The van der Waals surface area contributed by atoms with Crippen molar-refractivity contribution < 1.29 is 0 Å². The standard InChI is InChI=1S/C19H22BrN5.HI/c1-14(15-6-4-3-5-7-15)10-22-19(21-2)23-11-17-13-25-12-16(20)8-9-18(25)24-17;/h3-9,12-14H,10-11H2,1-2H3,(H2,21,22,23);1H. The molecule has 0 radical (unpaired) electrons. The molecule has 2 heterocycles. The number of hydrogen-bond acceptors (Lipinski definition) is 2. The molecule has 5 nitrogen and oxygen atoms in total. The zero-order valence-corrected chi connectivity index (χ0v) is 18.7. The largest absolute Gasteiger partial charge is 0.356 e. The van der Waals surface area contributed by atoms with E-state index < -0.39 is 0 Å². The molecular weight excluding hydrogens is 505 g/mol. The first kappa shape index (κ1) is 20.7. The molecule has 2 N–H and O–H groups in total. The molecule has 0 saturated heterocycles. The van der Waals surface area contributed by atoms with Gasteiger partial charge in [-0.1, -0.05) is 37.3 Å². The van der Waals surface area contributed by atoms with Crippen molar-refractivity contribution in [2.24, 2.45) is 4.99 Å². The van der Waals surface area contributed by atoms with Gasteiger partial charge in [0, 0.05) is 30.5 Å². The van der Waals surface area contributed by atoms with Crippen LogP contribution in [0.5, 0.6) is 0 Å². The lowest BCUT2D eigenvalue weighted by atomic mass is 10.0. The van der Waals surface area contributed by atoms with Crippen LogP contribution in [0.1, 0.15) is 24.1 Å². The van der Waals surface area contributed by atoms with Gasteiger partial charge in [0.05, 0.1) is 12.2 Å². The van der Waals surface area contributed by atoms with Crippen LogP contribution in [-0.4, -0.2) is 28.9 Å². The normalized spacial score (nSPS) is 12.5. The minimum Gasteiger partial charge on any atom is -0.356 e. The van der Waals surface area contributed by atoms with Crippen molar-refractivity contribution in [3.05, 3.63) is 70.6 Å². The van der Waals surface area contributed by atoms with Gasteiger partial charge < -0.3 is 15.0 Å². The van der Waals surface area contributed by atoms with Crippen LogP contribution in [0.4, 0.5) is 0 Å². The Bertz CT molecular complexity index is 863. The molecule has 0 aliphatic rings. The number of pyridine rings is 1. The highest BCUT2D eigenvalue weighted by atomic mass is 127. The molecule has 0 aliphatic carbocycles. The summed E-state index contributed by atoms with van der Waals surface area (Å²) in [5.41, 5.74) is 3.22. The number of nitrogens with zero attached hydrogens (tertiary/aromatic N) is 3. The van der Waals surface area contributed by atoms with E-state index in [1.54, 1.807) is 7.05 Å². The van der Waals surface area contributed by atoms with Gasteiger partial charge in [0.2, 0.25) is 0 Å². The molecular formula is C19H23BrIN5. The minimum absolute atomic E-state index is 0. The number of fused-ring (bicyclic) bond motifs is 1. The van der Waals surface area contributed by atoms with E-state index in [0.29, 0.717) is 12.5 Å². The maximum Gasteiger partial charge on any atom is 0.191 e. The van der Waals surface area contributed by atoms with Crippen LogP contribution in [-0.2, 0) is 6.54 Å². The number of nitrogens with one attached hydrogen (secondary N) is 2. The summed E-state index contributed by atoms with van der Waals surface area (Å²) in [6.07, 6.45) is 4.02. The van der Waals surface area contributed by atoms with Crippen molar-refractivity contribution in [3.63, 3.8) is 0 Å². The van der Waals surface area contributed by atoms with Crippen molar-refractivity contribution in [3.8, 4) is 0 Å². The molecule has 0 fully saturated rings. The lowest BCUT2D eigenvalue weighted by molar-refractivity contribution is 0.697. The number of benzene rings is 1. The van der Waals surface area contributed by atoms with Crippen LogP contribution in [0.2, 0.25) is 0 Å². The number of aromatic nitrogens is 2. The quantitative estimate of drug-likeness (QED) is 0.297. The van der Waals surface area contributed by atoms with Crippen LogP contribution in [0.15, 0.2) is 64.3 Å². The topological polar surface area (TPSA) is 53.7 Å². The van der Waals surface area contributed by atoms with Gasteiger partial charge in [-0.05, 0) is 39.5 Å². The lowest BCUT2D eigenvalue weighted by Gasteiger charge is -2.16. The molecule has 7 heteroatoms. The maximum atomic E-state index is 4.60. The molecule has 0 bridgehead atoms. The van der Waals surface area contributed by atoms with Crippen LogP contribution >= 0.6 is 39.9 Å². The molecule has 26 heavy (non-hydrogen) atoms. The average Bonchev–Trinajstić information content (AvgIpc) is 3.04. The SMILES string of the molecule is CN=C(NCc1cn2cc(Br)ccc2n1)NCC(C)c1ccccc1.I. The summed E-state index contributed by atoms with van der Waals surface area (Å²) in [5.74, 6) is 1.19. The van der Waals surface area contributed by atoms with Crippen molar-refractivity contribution >= 4 is 51.5 Å². The fraction of sp³-hybridized carbons (Fsp3) is 0.263. The van der Waals surface area contributed by atoms with Crippen molar-refractivity contribution in [2.75, 3.05) is 13.6 Å². The molecule has 3 aromatic rings. The Kier molecular flexibility index (Phi) is 7.89. The second-order valence-electron chi connectivity index (χ2n) is 5.96. The van der Waals surface area contributed by atoms with E-state index in [1.165, 1.54) is 5.56 Å². The van der Waals surface area contributed by atoms with Crippen molar-refractivity contribution in [1.29, 1.82) is 0 Å². The Morgan fingerprint density at radius 2 is 1.92 bits per heavy atom. The molecule has 1 atom stereocenters. The zero-order valence-electron chi connectivity index (χ0n) is 14.8. The number of halogens is 2. The van der Waals surface area contributed by atoms with Gasteiger partial charge in [-0.15, -0.1) is 24.0 Å². The van der Waals surface area contributed by atoms with E-state index in [-0.39, 0.29) is 24.0 Å². The number of imidazole rings is 1. The third kappa shape index (κ3) is 5.44. The second-order valence-corrected chi connectivity index (χ2v) is 6.88. The van der Waals surface area contributed by atoms with Crippen LogP contribution in [0.3, 0.4) is 0 Å². The number of guanidine groups is 1. The van der Waals surface area contributed by atoms with Crippen molar-refractivity contribution in [2.45, 2.75) is 19.4 Å². The van der Waals surface area contributed by atoms with Gasteiger partial charge in [0.15, 0.2) is 5.96 Å². The fourth-order valence-corrected chi connectivity index (χ4v) is 3.00. The van der Waals surface area contributed by atoms with Crippen molar-refractivity contribution in [1.82, 2.24) is 20.0 Å². The van der Waals surface area contributed by atoms with E-state index in [4.69, 9.17) is 0 Å². The summed E-state index contributed by atoms with van der Waals surface area (Å²) in [7, 11) is 1.78. The summed E-state index contributed by atoms with van der Waals surface area (Å²) in [6, 6.07) is 14.5. The first-order valence-corrected chi connectivity index (χ1v) is 9.07. The molecule has 0 spiro atoms. The van der Waals surface area contributed by atoms with Gasteiger partial charge in [-0.2, -0.15) is 0 Å². The van der Waals surface area contributed by atoms with Gasteiger partial charge in [-0.3, -0.25) is 4.99 Å². The van der Waals surface area contributed by atoms with E-state index in [0.717, 1.165) is 28.3 Å². The van der Waals surface area contributed by atoms with E-state index in [9.17, 15) is 0 Å². The third-order valence-electron chi connectivity index (χ3n) is 4.07. The monoisotopic (exact) mass is 527 g/mol. The Morgan fingerprint density at radius 3 is 2.65 bits per heavy atom. The van der Waals surface area contributed by atoms with Crippen LogP contribution in [0, 0.1) is 0 Å². The number of aliphatic imine (C=N–C) groups is 1. The summed E-state index contributed by atoms with van der Waals surface area (Å²) >= 11 is 3.47. The summed E-state index contributed by atoms with van der Waals surface area (Å²) in [4.78, 5) is 8.89. The molecule has 2 aromatic heterocycles. The van der Waals surface area contributed by atoms with Gasteiger partial charge >= 0.3 is 0 Å². The van der Waals surface area contributed by atoms with Crippen LogP contribution < -0.4 is 10.6 Å². The fourth-order valence-electron chi connectivity index (χ4n) is 2.65. The molecule has 0 saturated carbocycles. The van der Waals surface area contributed by atoms with E-state index >= 15 is 0 Å². The lowest BCUT2D eigenvalue weighted by Crippen LogP contribution is -2.38. The molecule has 138 valence electrons. The summed E-state index contributed by atoms with van der Waals surface area (Å²) in [6.45, 7) is 3.65. The van der Waals surface area contributed by atoms with Crippen LogP contribution in [0.25, 0.3) is 5.65 Å². The zero-order chi connectivity index (χ0) is 17.6. The van der Waals surface area contributed by atoms with Gasteiger partial charge in [0.25, 0.3) is 0 Å². The minimum atomic E-state index is 0. The first-order chi connectivity index (χ1) is 12.2. The number of hydrogen-bond donors (Lipinski definition) is 2. The molecule has 1 unspecified atom stereocenters. The highest BCUT2D eigenvalue weighted by molar-refractivity contribution is 14.0. The highest BCUT2D eigenvalue weighted by Gasteiger charge is 2.07. The third-order valence-corrected chi connectivity index (χ3v) is 4.54. The Morgan fingerprint density at radius 1 is 1.15 bits per heavy atom. The molecule has 3 rings (SSSR count). The smallest absolute Gasteiger partial charge is 0.191 e. The average molecular weight is 528 g/mol. The Balaban J connectivity index is 0.00000243. The molecule has 0 aliphatic heterocycles. The Labute approximate surface area is 179 Å². The number of rotatable bonds is 5. The first-order valence-electron chi connectivity index (χ1n) is 8.28. The highest BCUT2D eigenvalue weighted by Crippen LogP contribution is 2.13. The Hall–Kier alpha value is -1.61. The van der Waals surface area contributed by atoms with Gasteiger partial charge in [-0.25, -0.2) is 4.98 Å². The molecule has 0 amide bonds. The maximum absolute atomic E-state index is 4.60. The summed E-state index contributed by atoms with van der Waals surface area (Å²) in [5, 5.41) is 6.70. The summed E-state index contributed by atoms with van der Waals surface area (Å²) < 4.78 is 3.04. The predicted molar refractivity (Wildman–Crippen MR) is 121 cm³/mol.